The number of halogens is 6. The molecule has 0 amide bonds. The molecule has 0 aliphatic heterocycles. The van der Waals surface area contributed by atoms with Gasteiger partial charge >= 0.3 is 36.0 Å². The average molecular weight is 480 g/mol. The lowest BCUT2D eigenvalue weighted by molar-refractivity contribution is -0.323. The maximum Gasteiger partial charge on any atom is 0.457 e. The Kier molecular flexibility index (Phi) is 6.18. The molecule has 0 saturated heterocycles. The van der Waals surface area contributed by atoms with E-state index in [0.29, 0.717) is 12.1 Å². The molecule has 8 nitrogen and oxygen atoms in total. The fraction of sp³-hybridized carbons (Fsp3) is 0.158. The van der Waals surface area contributed by atoms with Gasteiger partial charge in [0.15, 0.2) is 0 Å². The molecule has 14 heteroatoms. The van der Waals surface area contributed by atoms with Crippen LogP contribution in [0.2, 0.25) is 0 Å². The quantitative estimate of drug-likeness (QED) is 0.436. The molecule has 0 fully saturated rings. The van der Waals surface area contributed by atoms with Crippen LogP contribution < -0.4 is 0 Å². The summed E-state index contributed by atoms with van der Waals surface area (Å²) in [7, 11) is 0. The summed E-state index contributed by atoms with van der Waals surface area (Å²) in [4.78, 5) is 45.4. The van der Waals surface area contributed by atoms with Crippen molar-refractivity contribution in [2.75, 3.05) is 0 Å². The minimum atomic E-state index is -6.69. The molecule has 33 heavy (non-hydrogen) atoms. The Morgan fingerprint density at radius 2 is 1.15 bits per heavy atom. The molecular weight excluding hydrogens is 470 g/mol. The van der Waals surface area contributed by atoms with Crippen molar-refractivity contribution in [1.82, 2.24) is 0 Å². The van der Waals surface area contributed by atoms with Crippen LogP contribution in [0.4, 0.5) is 26.3 Å². The highest BCUT2D eigenvalue weighted by molar-refractivity contribution is 6.04. The lowest BCUT2D eigenvalue weighted by atomic mass is 9.78. The van der Waals surface area contributed by atoms with Crippen molar-refractivity contribution < 1.29 is 65.9 Å². The smallest absolute Gasteiger partial charge is 0.457 e. The second-order valence-electron chi connectivity index (χ2n) is 6.44. The van der Waals surface area contributed by atoms with Crippen LogP contribution in [-0.2, 0) is 5.67 Å². The highest BCUT2D eigenvalue weighted by atomic mass is 19.4. The van der Waals surface area contributed by atoms with Crippen LogP contribution in [0.3, 0.4) is 0 Å². The van der Waals surface area contributed by atoms with E-state index in [4.69, 9.17) is 15.3 Å². The molecule has 0 aliphatic rings. The number of alkyl halides is 6. The standard InChI is InChI=1S/C19H10F6O8/c20-17(18(21,22)19(23,24)25,7-4-5-8(13(26)27)10(6-7)15(30)31)11-3-1-2-9(14(28)29)12(11)16(32)33/h1-6H,(H,26,27)(H,28,29)(H,30,31)(H,32,33). The zero-order valence-electron chi connectivity index (χ0n) is 15.7. The number of aromatic carboxylic acids is 4. The van der Waals surface area contributed by atoms with Gasteiger partial charge in [0, 0.05) is 11.1 Å². The molecule has 176 valence electrons. The van der Waals surface area contributed by atoms with Crippen molar-refractivity contribution in [3.63, 3.8) is 0 Å². The molecular formula is C19H10F6O8. The van der Waals surface area contributed by atoms with E-state index >= 15 is 4.39 Å². The van der Waals surface area contributed by atoms with Crippen molar-refractivity contribution in [2.24, 2.45) is 0 Å². The van der Waals surface area contributed by atoms with Gasteiger partial charge in [0.25, 0.3) is 0 Å². The van der Waals surface area contributed by atoms with Crippen LogP contribution in [0.1, 0.15) is 52.6 Å². The van der Waals surface area contributed by atoms with Gasteiger partial charge in [0.1, 0.15) is 0 Å². The van der Waals surface area contributed by atoms with E-state index in [9.17, 15) is 46.2 Å². The second-order valence-corrected chi connectivity index (χ2v) is 6.44. The zero-order chi connectivity index (χ0) is 25.5. The molecule has 2 aromatic carbocycles. The summed E-state index contributed by atoms with van der Waals surface area (Å²) in [6.45, 7) is 0. The van der Waals surface area contributed by atoms with Crippen LogP contribution in [0.25, 0.3) is 0 Å². The average Bonchev–Trinajstić information content (AvgIpc) is 2.70. The molecule has 2 aromatic rings. The Labute approximate surface area is 178 Å². The number of hydrogen-bond donors (Lipinski definition) is 4. The van der Waals surface area contributed by atoms with E-state index in [1.807, 2.05) is 0 Å². The first-order chi connectivity index (χ1) is 15.0. The molecule has 4 N–H and O–H groups in total. The third-order valence-corrected chi connectivity index (χ3v) is 4.55. The fourth-order valence-corrected chi connectivity index (χ4v) is 3.07. The summed E-state index contributed by atoms with van der Waals surface area (Å²) in [6, 6.07) is 1.41. The van der Waals surface area contributed by atoms with Gasteiger partial charge in [-0.3, -0.25) is 0 Å². The molecule has 1 unspecified atom stereocenters. The summed E-state index contributed by atoms with van der Waals surface area (Å²) in [6.07, 6.45) is -6.69. The number of rotatable bonds is 7. The van der Waals surface area contributed by atoms with Crippen molar-refractivity contribution in [3.05, 3.63) is 69.8 Å². The number of benzene rings is 2. The van der Waals surface area contributed by atoms with Crippen molar-refractivity contribution in [1.29, 1.82) is 0 Å². The molecule has 0 bridgehead atoms. The third-order valence-electron chi connectivity index (χ3n) is 4.55. The Morgan fingerprint density at radius 3 is 1.58 bits per heavy atom. The van der Waals surface area contributed by atoms with Crippen molar-refractivity contribution >= 4 is 23.9 Å². The first kappa shape index (κ1) is 25.2. The van der Waals surface area contributed by atoms with E-state index in [-0.39, 0.29) is 24.3 Å². The predicted octanol–water partition coefficient (Wildman–Crippen LogP) is 3.89. The summed E-state index contributed by atoms with van der Waals surface area (Å²) >= 11 is 0. The topological polar surface area (TPSA) is 149 Å². The maximum absolute atomic E-state index is 16.1. The van der Waals surface area contributed by atoms with E-state index < -0.39 is 75.0 Å². The van der Waals surface area contributed by atoms with Crippen molar-refractivity contribution in [2.45, 2.75) is 17.8 Å². The second kappa shape index (κ2) is 8.11. The van der Waals surface area contributed by atoms with Gasteiger partial charge in [-0.15, -0.1) is 0 Å². The van der Waals surface area contributed by atoms with Gasteiger partial charge in [-0.05, 0) is 18.2 Å². The summed E-state index contributed by atoms with van der Waals surface area (Å²) < 4.78 is 85.2. The highest BCUT2D eigenvalue weighted by Gasteiger charge is 2.73. The molecule has 2 rings (SSSR count). The Morgan fingerprint density at radius 1 is 0.636 bits per heavy atom. The largest absolute Gasteiger partial charge is 0.478 e. The van der Waals surface area contributed by atoms with Crippen LogP contribution in [0.15, 0.2) is 36.4 Å². The van der Waals surface area contributed by atoms with Crippen LogP contribution in [0, 0.1) is 0 Å². The Hall–Kier alpha value is -4.10. The van der Waals surface area contributed by atoms with Gasteiger partial charge in [-0.1, -0.05) is 18.2 Å². The lowest BCUT2D eigenvalue weighted by Gasteiger charge is -2.36. The number of carboxylic acids is 4. The minimum Gasteiger partial charge on any atom is -0.478 e. The van der Waals surface area contributed by atoms with Gasteiger partial charge in [0.05, 0.1) is 22.3 Å². The summed E-state index contributed by atoms with van der Waals surface area (Å²) in [5.41, 5.74) is -14.5. The van der Waals surface area contributed by atoms with Gasteiger partial charge in [-0.2, -0.15) is 22.0 Å². The highest BCUT2D eigenvalue weighted by Crippen LogP contribution is 2.55. The predicted molar refractivity (Wildman–Crippen MR) is 93.6 cm³/mol. The van der Waals surface area contributed by atoms with Gasteiger partial charge in [-0.25, -0.2) is 23.6 Å². The molecule has 0 radical (unpaired) electrons. The van der Waals surface area contributed by atoms with E-state index in [1.54, 1.807) is 0 Å². The van der Waals surface area contributed by atoms with E-state index in [1.165, 1.54) is 0 Å². The fourth-order valence-electron chi connectivity index (χ4n) is 3.07. The van der Waals surface area contributed by atoms with E-state index in [0.717, 1.165) is 0 Å². The zero-order valence-corrected chi connectivity index (χ0v) is 15.7. The lowest BCUT2D eigenvalue weighted by Crippen LogP contribution is -2.53. The first-order valence-corrected chi connectivity index (χ1v) is 8.33. The summed E-state index contributed by atoms with van der Waals surface area (Å²) in [5.74, 6) is -15.0. The number of carboxylic acid groups (broad SMARTS) is 4. The van der Waals surface area contributed by atoms with Gasteiger partial charge in [0.2, 0.25) is 5.67 Å². The normalized spacial score (nSPS) is 13.8. The number of carbonyl (C=O) groups is 4. The molecule has 0 aromatic heterocycles. The SMILES string of the molecule is O=C(O)c1ccc(C(F)(c2cccc(C(=O)O)c2C(=O)O)C(F)(F)C(F)(F)F)cc1C(=O)O. The molecule has 0 saturated carbocycles. The Bertz CT molecular complexity index is 1170. The Balaban J connectivity index is 3.12. The molecule has 0 spiro atoms. The van der Waals surface area contributed by atoms with Crippen LogP contribution in [-0.4, -0.2) is 56.4 Å². The maximum atomic E-state index is 16.1. The van der Waals surface area contributed by atoms with Gasteiger partial charge < -0.3 is 20.4 Å². The first-order valence-electron chi connectivity index (χ1n) is 8.33. The monoisotopic (exact) mass is 480 g/mol. The molecule has 0 heterocycles. The van der Waals surface area contributed by atoms with E-state index in [2.05, 4.69) is 0 Å². The third kappa shape index (κ3) is 3.94. The van der Waals surface area contributed by atoms with Crippen LogP contribution >= 0.6 is 0 Å². The van der Waals surface area contributed by atoms with Crippen molar-refractivity contribution in [3.8, 4) is 0 Å². The summed E-state index contributed by atoms with van der Waals surface area (Å²) in [5, 5.41) is 36.6. The number of hydrogen-bond acceptors (Lipinski definition) is 4. The van der Waals surface area contributed by atoms with Crippen LogP contribution in [0.5, 0.6) is 0 Å². The molecule has 0 aliphatic carbocycles. The minimum absolute atomic E-state index is 0.106. The molecule has 1 atom stereocenters.